The summed E-state index contributed by atoms with van der Waals surface area (Å²) in [5.41, 5.74) is 4.27. The van der Waals surface area contributed by atoms with Gasteiger partial charge in [-0.3, -0.25) is 0 Å². The molecule has 4 nitrogen and oxygen atoms in total. The van der Waals surface area contributed by atoms with Crippen molar-refractivity contribution in [3.8, 4) is 0 Å². The Morgan fingerprint density at radius 3 is 3.00 bits per heavy atom. The van der Waals surface area contributed by atoms with Gasteiger partial charge in [0.05, 0.1) is 25.0 Å². The zero-order valence-corrected chi connectivity index (χ0v) is 7.79. The molecule has 0 aliphatic carbocycles. The molecule has 1 N–H and O–H groups in total. The average Bonchev–Trinajstić information content (AvgIpc) is 2.69. The molecule has 0 aromatic carbocycles. The van der Waals surface area contributed by atoms with E-state index in [0.717, 1.165) is 44.8 Å². The summed E-state index contributed by atoms with van der Waals surface area (Å²) in [5, 5.41) is 4.33. The molecule has 0 amide bonds. The second-order valence-electron chi connectivity index (χ2n) is 3.52. The molecule has 2 saturated heterocycles. The normalized spacial score (nSPS) is 32.3. The maximum atomic E-state index is 5.30. The summed E-state index contributed by atoms with van der Waals surface area (Å²) >= 11 is 0. The van der Waals surface area contributed by atoms with Crippen LogP contribution in [0.1, 0.15) is 19.3 Å². The van der Waals surface area contributed by atoms with E-state index in [1.54, 1.807) is 0 Å². The lowest BCUT2D eigenvalue weighted by atomic mass is 10.2. The molecule has 2 rings (SSSR count). The van der Waals surface area contributed by atoms with Crippen molar-refractivity contribution in [3.05, 3.63) is 0 Å². The van der Waals surface area contributed by atoms with Crippen molar-refractivity contribution in [3.63, 3.8) is 0 Å². The minimum atomic E-state index is 0.412. The lowest BCUT2D eigenvalue weighted by Gasteiger charge is -2.15. The van der Waals surface area contributed by atoms with E-state index in [9.17, 15) is 0 Å². The van der Waals surface area contributed by atoms with Gasteiger partial charge in [0.2, 0.25) is 0 Å². The van der Waals surface area contributed by atoms with Crippen LogP contribution in [0, 0.1) is 0 Å². The Kier molecular flexibility index (Phi) is 3.16. The first kappa shape index (κ1) is 8.97. The smallest absolute Gasteiger partial charge is 0.0866 e. The van der Waals surface area contributed by atoms with Gasteiger partial charge in [0.25, 0.3) is 0 Å². The average molecular weight is 184 g/mol. The van der Waals surface area contributed by atoms with E-state index in [0.29, 0.717) is 12.6 Å². The van der Waals surface area contributed by atoms with Crippen LogP contribution in [0.3, 0.4) is 0 Å². The van der Waals surface area contributed by atoms with Crippen molar-refractivity contribution < 1.29 is 9.47 Å². The third-order valence-corrected chi connectivity index (χ3v) is 2.36. The molecular weight excluding hydrogens is 168 g/mol. The Balaban J connectivity index is 1.74. The number of nitrogens with zero attached hydrogens (tertiary/aromatic N) is 1. The van der Waals surface area contributed by atoms with Crippen LogP contribution in [-0.4, -0.2) is 38.2 Å². The second kappa shape index (κ2) is 4.58. The molecule has 0 radical (unpaired) electrons. The number of hydrogen-bond acceptors (Lipinski definition) is 4. The van der Waals surface area contributed by atoms with Crippen LogP contribution in [0.4, 0.5) is 0 Å². The number of rotatable bonds is 2. The van der Waals surface area contributed by atoms with Crippen molar-refractivity contribution in [1.29, 1.82) is 0 Å². The summed E-state index contributed by atoms with van der Waals surface area (Å²) in [4.78, 5) is 0. The number of hydrazone groups is 1. The molecule has 74 valence electrons. The van der Waals surface area contributed by atoms with Gasteiger partial charge in [0.1, 0.15) is 0 Å². The predicted molar refractivity (Wildman–Crippen MR) is 49.8 cm³/mol. The maximum absolute atomic E-state index is 5.30. The molecule has 0 aromatic rings. The van der Waals surface area contributed by atoms with E-state index in [2.05, 4.69) is 10.5 Å². The van der Waals surface area contributed by atoms with Gasteiger partial charge in [0.15, 0.2) is 0 Å². The molecule has 0 aromatic heterocycles. The summed E-state index contributed by atoms with van der Waals surface area (Å²) in [5.74, 6) is 0. The van der Waals surface area contributed by atoms with Crippen molar-refractivity contribution in [2.45, 2.75) is 25.3 Å². The van der Waals surface area contributed by atoms with Crippen molar-refractivity contribution in [1.82, 2.24) is 5.43 Å². The van der Waals surface area contributed by atoms with Gasteiger partial charge >= 0.3 is 0 Å². The third-order valence-electron chi connectivity index (χ3n) is 2.36. The topological polar surface area (TPSA) is 42.8 Å². The number of nitrogens with one attached hydrogen (secondary N) is 1. The molecule has 2 heterocycles. The van der Waals surface area contributed by atoms with Gasteiger partial charge in [-0.1, -0.05) is 0 Å². The van der Waals surface area contributed by atoms with Crippen LogP contribution >= 0.6 is 0 Å². The number of hydrogen-bond donors (Lipinski definition) is 1. The molecule has 4 heteroatoms. The summed E-state index contributed by atoms with van der Waals surface area (Å²) in [7, 11) is 0. The highest BCUT2D eigenvalue weighted by Crippen LogP contribution is 2.05. The summed E-state index contributed by atoms with van der Waals surface area (Å²) in [6, 6.07) is 0.412. The summed E-state index contributed by atoms with van der Waals surface area (Å²) in [6.45, 7) is 3.22. The number of ether oxygens (including phenoxy) is 2. The fourth-order valence-corrected chi connectivity index (χ4v) is 1.55. The molecule has 0 saturated carbocycles. The molecule has 2 fully saturated rings. The minimum Gasteiger partial charge on any atom is -0.379 e. The van der Waals surface area contributed by atoms with E-state index in [4.69, 9.17) is 9.47 Å². The zero-order chi connectivity index (χ0) is 8.93. The van der Waals surface area contributed by atoms with E-state index >= 15 is 0 Å². The van der Waals surface area contributed by atoms with Gasteiger partial charge in [-0.25, -0.2) is 0 Å². The monoisotopic (exact) mass is 184 g/mol. The largest absolute Gasteiger partial charge is 0.379 e. The molecule has 1 unspecified atom stereocenters. The standard InChI is InChI=1S/C9H16N2O2/c1-2-8(6-12-4-1)10-11-9-3-5-13-7-9/h9,11H,1-7H2/b10-8+. The van der Waals surface area contributed by atoms with Gasteiger partial charge < -0.3 is 14.9 Å². The highest BCUT2D eigenvalue weighted by Gasteiger charge is 2.14. The highest BCUT2D eigenvalue weighted by molar-refractivity contribution is 5.85. The van der Waals surface area contributed by atoms with Crippen LogP contribution < -0.4 is 5.43 Å². The summed E-state index contributed by atoms with van der Waals surface area (Å²) < 4.78 is 10.5. The Bertz CT molecular complexity index is 180. The highest BCUT2D eigenvalue weighted by atomic mass is 16.5. The molecule has 2 aliphatic rings. The Morgan fingerprint density at radius 2 is 2.31 bits per heavy atom. The van der Waals surface area contributed by atoms with Crippen LogP contribution in [0.2, 0.25) is 0 Å². The van der Waals surface area contributed by atoms with Gasteiger partial charge in [-0.15, -0.1) is 0 Å². The molecule has 0 spiro atoms. The van der Waals surface area contributed by atoms with Crippen LogP contribution in [0.5, 0.6) is 0 Å². The second-order valence-corrected chi connectivity index (χ2v) is 3.52. The fraction of sp³-hybridized carbons (Fsp3) is 0.889. The molecule has 0 bridgehead atoms. The van der Waals surface area contributed by atoms with Crippen LogP contribution in [0.15, 0.2) is 5.10 Å². The molecule has 13 heavy (non-hydrogen) atoms. The predicted octanol–water partition coefficient (Wildman–Crippen LogP) is 0.531. The van der Waals surface area contributed by atoms with Crippen LogP contribution in [-0.2, 0) is 9.47 Å². The van der Waals surface area contributed by atoms with E-state index in [1.165, 1.54) is 0 Å². The quantitative estimate of drug-likeness (QED) is 0.637. The lowest BCUT2D eigenvalue weighted by molar-refractivity contribution is 0.153. The van der Waals surface area contributed by atoms with Gasteiger partial charge in [-0.2, -0.15) is 5.10 Å². The SMILES string of the molecule is C1COC/C(=N/NC2CCOC2)C1. The van der Waals surface area contributed by atoms with E-state index in [1.807, 2.05) is 0 Å². The first-order chi connectivity index (χ1) is 6.45. The van der Waals surface area contributed by atoms with Crippen LogP contribution in [0.25, 0.3) is 0 Å². The maximum Gasteiger partial charge on any atom is 0.0866 e. The van der Waals surface area contributed by atoms with E-state index < -0.39 is 0 Å². The first-order valence-electron chi connectivity index (χ1n) is 4.91. The van der Waals surface area contributed by atoms with Crippen molar-refractivity contribution in [2.75, 3.05) is 26.4 Å². The molecule has 2 aliphatic heterocycles. The Hall–Kier alpha value is -0.610. The Morgan fingerprint density at radius 1 is 1.31 bits per heavy atom. The minimum absolute atomic E-state index is 0.412. The fourth-order valence-electron chi connectivity index (χ4n) is 1.55. The molecule has 1 atom stereocenters. The van der Waals surface area contributed by atoms with Crippen molar-refractivity contribution in [2.24, 2.45) is 5.10 Å². The third kappa shape index (κ3) is 2.67. The lowest BCUT2D eigenvalue weighted by Crippen LogP contribution is -2.28. The summed E-state index contributed by atoms with van der Waals surface area (Å²) in [6.07, 6.45) is 3.24. The molecular formula is C9H16N2O2. The van der Waals surface area contributed by atoms with Crippen molar-refractivity contribution >= 4 is 5.71 Å². The zero-order valence-electron chi connectivity index (χ0n) is 7.79. The van der Waals surface area contributed by atoms with E-state index in [-0.39, 0.29) is 0 Å². The first-order valence-corrected chi connectivity index (χ1v) is 4.91. The van der Waals surface area contributed by atoms with Gasteiger partial charge in [0, 0.05) is 13.2 Å². The Labute approximate surface area is 78.3 Å². The van der Waals surface area contributed by atoms with Gasteiger partial charge in [-0.05, 0) is 19.3 Å².